The first-order valence-electron chi connectivity index (χ1n) is 12.9. The van der Waals surface area contributed by atoms with Crippen molar-refractivity contribution in [1.29, 1.82) is 0 Å². The number of hydrogen-bond donors (Lipinski definition) is 0. The molecule has 1 aromatic heterocycles. The SMILES string of the molecule is CCCCCCCCCCCCCC[N+](C)(C)Cc1ccccc1C[n+]1ccccc1. The Morgan fingerprint density at radius 1 is 0.613 bits per heavy atom. The van der Waals surface area contributed by atoms with Crippen molar-refractivity contribution in [2.75, 3.05) is 20.6 Å². The van der Waals surface area contributed by atoms with Gasteiger partial charge in [-0.2, -0.15) is 0 Å². The van der Waals surface area contributed by atoms with Crippen LogP contribution in [0.3, 0.4) is 0 Å². The second-order valence-electron chi connectivity index (χ2n) is 10.0. The van der Waals surface area contributed by atoms with Gasteiger partial charge in [-0.15, -0.1) is 0 Å². The van der Waals surface area contributed by atoms with Crippen molar-refractivity contribution in [3.05, 3.63) is 66.0 Å². The molecule has 1 aromatic carbocycles. The van der Waals surface area contributed by atoms with Crippen LogP contribution in [-0.2, 0) is 13.1 Å². The molecule has 172 valence electrons. The Kier molecular flexibility index (Phi) is 12.5. The maximum Gasteiger partial charge on any atom is 0.174 e. The van der Waals surface area contributed by atoms with Gasteiger partial charge in [-0.3, -0.25) is 0 Å². The molecule has 1 heterocycles. The molecule has 0 radical (unpaired) electrons. The molecular weight excluding hydrogens is 376 g/mol. The average Bonchev–Trinajstić information content (AvgIpc) is 2.76. The fourth-order valence-corrected chi connectivity index (χ4v) is 4.52. The number of unbranched alkanes of at least 4 members (excludes halogenated alkanes) is 11. The molecule has 0 atom stereocenters. The molecule has 0 unspecified atom stereocenters. The maximum absolute atomic E-state index is 2.39. The van der Waals surface area contributed by atoms with Crippen molar-refractivity contribution in [3.63, 3.8) is 0 Å². The van der Waals surface area contributed by atoms with Gasteiger partial charge in [0, 0.05) is 23.3 Å². The highest BCUT2D eigenvalue weighted by molar-refractivity contribution is 5.25. The van der Waals surface area contributed by atoms with Crippen molar-refractivity contribution >= 4 is 0 Å². The monoisotopic (exact) mass is 424 g/mol. The van der Waals surface area contributed by atoms with Crippen molar-refractivity contribution in [2.45, 2.75) is 97.1 Å². The van der Waals surface area contributed by atoms with E-state index in [9.17, 15) is 0 Å². The van der Waals surface area contributed by atoms with Gasteiger partial charge in [-0.25, -0.2) is 4.57 Å². The minimum atomic E-state index is 0.954. The third-order valence-corrected chi connectivity index (χ3v) is 6.46. The Bertz CT molecular complexity index is 693. The second-order valence-corrected chi connectivity index (χ2v) is 10.0. The molecule has 0 fully saturated rings. The maximum atomic E-state index is 2.39. The van der Waals surface area contributed by atoms with Gasteiger partial charge < -0.3 is 4.48 Å². The van der Waals surface area contributed by atoms with Crippen LogP contribution in [0.25, 0.3) is 0 Å². The van der Waals surface area contributed by atoms with Gasteiger partial charge in [0.2, 0.25) is 0 Å². The van der Waals surface area contributed by atoms with E-state index in [2.05, 4.69) is 80.4 Å². The average molecular weight is 425 g/mol. The summed E-state index contributed by atoms with van der Waals surface area (Å²) in [6.07, 6.45) is 21.4. The highest BCUT2D eigenvalue weighted by atomic mass is 15.3. The van der Waals surface area contributed by atoms with E-state index in [1.165, 1.54) is 94.7 Å². The smallest absolute Gasteiger partial charge is 0.174 e. The van der Waals surface area contributed by atoms with E-state index in [4.69, 9.17) is 0 Å². The van der Waals surface area contributed by atoms with E-state index in [0.717, 1.165) is 17.6 Å². The third kappa shape index (κ3) is 11.5. The minimum absolute atomic E-state index is 0.954. The number of aromatic nitrogens is 1. The van der Waals surface area contributed by atoms with Crippen molar-refractivity contribution in [2.24, 2.45) is 0 Å². The molecule has 0 bridgehead atoms. The lowest BCUT2D eigenvalue weighted by Gasteiger charge is -2.30. The van der Waals surface area contributed by atoms with Crippen molar-refractivity contribution in [3.8, 4) is 0 Å². The van der Waals surface area contributed by atoms with Crippen LogP contribution in [0.15, 0.2) is 54.9 Å². The summed E-state index contributed by atoms with van der Waals surface area (Å²) in [4.78, 5) is 0. The Hall–Kier alpha value is -1.67. The van der Waals surface area contributed by atoms with E-state index in [1.807, 2.05) is 0 Å². The topological polar surface area (TPSA) is 3.88 Å². The van der Waals surface area contributed by atoms with Gasteiger partial charge in [0.05, 0.1) is 20.6 Å². The molecule has 2 aromatic rings. The first kappa shape index (κ1) is 25.6. The summed E-state index contributed by atoms with van der Waals surface area (Å²) in [6.45, 7) is 5.63. The Balaban J connectivity index is 1.62. The number of pyridine rings is 1. The lowest BCUT2D eigenvalue weighted by atomic mass is 10.0. The Labute approximate surface area is 192 Å². The van der Waals surface area contributed by atoms with Gasteiger partial charge in [0.15, 0.2) is 18.9 Å². The summed E-state index contributed by atoms with van der Waals surface area (Å²) in [7, 11) is 4.79. The first-order valence-corrected chi connectivity index (χ1v) is 12.9. The third-order valence-electron chi connectivity index (χ3n) is 6.46. The first-order chi connectivity index (χ1) is 15.1. The predicted octanol–water partition coefficient (Wildman–Crippen LogP) is 7.30. The standard InChI is InChI=1S/C29H48N2/c1-4-5-6-7-8-9-10-11-12-13-14-20-25-31(2,3)27-29-22-17-16-21-28(29)26-30-23-18-15-19-24-30/h15-19,21-24H,4-14,20,25-27H2,1-3H3/q+2. The van der Waals surface area contributed by atoms with Gasteiger partial charge in [0.1, 0.15) is 6.54 Å². The summed E-state index contributed by atoms with van der Waals surface area (Å²) in [6, 6.07) is 15.3. The molecule has 2 nitrogen and oxygen atoms in total. The van der Waals surface area contributed by atoms with Crippen LogP contribution in [0, 0.1) is 0 Å². The zero-order chi connectivity index (χ0) is 22.2. The number of nitrogens with zero attached hydrogens (tertiary/aromatic N) is 2. The molecular formula is C29H48N2+2. The fourth-order valence-electron chi connectivity index (χ4n) is 4.52. The second kappa shape index (κ2) is 15.2. The van der Waals surface area contributed by atoms with Gasteiger partial charge in [-0.05, 0) is 12.8 Å². The number of quaternary nitrogens is 1. The number of benzene rings is 1. The molecule has 0 aliphatic heterocycles. The molecule has 0 aliphatic rings. The number of rotatable bonds is 17. The van der Waals surface area contributed by atoms with Crippen LogP contribution in [0.2, 0.25) is 0 Å². The van der Waals surface area contributed by atoms with Crippen LogP contribution < -0.4 is 4.57 Å². The Morgan fingerprint density at radius 2 is 1.13 bits per heavy atom. The molecule has 0 saturated carbocycles. The summed E-state index contributed by atoms with van der Waals surface area (Å²) in [5.41, 5.74) is 2.93. The molecule has 0 N–H and O–H groups in total. The minimum Gasteiger partial charge on any atom is -0.325 e. The summed E-state index contributed by atoms with van der Waals surface area (Å²) < 4.78 is 3.35. The normalized spacial score (nSPS) is 11.7. The zero-order valence-electron chi connectivity index (χ0n) is 20.7. The van der Waals surface area contributed by atoms with Crippen LogP contribution in [0.4, 0.5) is 0 Å². The predicted molar refractivity (Wildman–Crippen MR) is 134 cm³/mol. The lowest BCUT2D eigenvalue weighted by Crippen LogP contribution is -2.40. The zero-order valence-corrected chi connectivity index (χ0v) is 20.7. The molecule has 0 spiro atoms. The summed E-state index contributed by atoms with van der Waals surface area (Å²) in [5.74, 6) is 0. The molecule has 31 heavy (non-hydrogen) atoms. The van der Waals surface area contributed by atoms with E-state index in [1.54, 1.807) is 0 Å². The van der Waals surface area contributed by atoms with E-state index >= 15 is 0 Å². The quantitative estimate of drug-likeness (QED) is 0.142. The van der Waals surface area contributed by atoms with E-state index in [0.29, 0.717) is 0 Å². The Morgan fingerprint density at radius 3 is 1.71 bits per heavy atom. The molecule has 0 saturated heterocycles. The highest BCUT2D eigenvalue weighted by Gasteiger charge is 2.18. The van der Waals surface area contributed by atoms with Gasteiger partial charge in [-0.1, -0.05) is 101 Å². The highest BCUT2D eigenvalue weighted by Crippen LogP contribution is 2.17. The van der Waals surface area contributed by atoms with Gasteiger partial charge in [0.25, 0.3) is 0 Å². The molecule has 2 heteroatoms. The lowest BCUT2D eigenvalue weighted by molar-refractivity contribution is -0.904. The fraction of sp³-hybridized carbons (Fsp3) is 0.621. The van der Waals surface area contributed by atoms with Crippen molar-refractivity contribution in [1.82, 2.24) is 0 Å². The van der Waals surface area contributed by atoms with Crippen LogP contribution in [-0.4, -0.2) is 25.1 Å². The van der Waals surface area contributed by atoms with Crippen LogP contribution in [0.1, 0.15) is 95.1 Å². The van der Waals surface area contributed by atoms with Crippen molar-refractivity contribution < 1.29 is 9.05 Å². The largest absolute Gasteiger partial charge is 0.325 e. The van der Waals surface area contributed by atoms with Crippen LogP contribution >= 0.6 is 0 Å². The van der Waals surface area contributed by atoms with Crippen LogP contribution in [0.5, 0.6) is 0 Å². The summed E-state index contributed by atoms with van der Waals surface area (Å²) >= 11 is 0. The number of hydrogen-bond acceptors (Lipinski definition) is 0. The van der Waals surface area contributed by atoms with Gasteiger partial charge >= 0.3 is 0 Å². The molecule has 0 aliphatic carbocycles. The van der Waals surface area contributed by atoms with E-state index < -0.39 is 0 Å². The molecule has 0 amide bonds. The summed E-state index contributed by atoms with van der Waals surface area (Å²) in [5, 5.41) is 0. The van der Waals surface area contributed by atoms with E-state index in [-0.39, 0.29) is 0 Å². The molecule has 2 rings (SSSR count).